The molecule has 0 fully saturated rings. The number of ether oxygens (including phenoxy) is 1. The standard InChI is InChI=1S/C42H27Cl3N8O/c1-42(2,3)20-17-18-26-27(19-20)39-49-35-23-14-8-10-16-25(23)37(47-35)52-41-29-28(30(43)32(45)33(31(29)44)54-21-11-5-4-6-12-21)40(53-41)51-36-24-15-9-7-13-22(24)34(46-36)48-38(26)50-39/h4-19H,1-3H3,(H2,46,47,48,49,50,51,52,53). The first-order valence-electron chi connectivity index (χ1n) is 17.2. The molecule has 0 saturated carbocycles. The molecule has 54 heavy (non-hydrogen) atoms. The number of benzene rings is 5. The Morgan fingerprint density at radius 2 is 0.944 bits per heavy atom. The molecule has 262 valence electrons. The lowest BCUT2D eigenvalue weighted by atomic mass is 9.86. The Hall–Kier alpha value is -5.87. The Bertz CT molecular complexity index is 3060. The number of nitrogens with one attached hydrogen (secondary N) is 2. The summed E-state index contributed by atoms with van der Waals surface area (Å²) in [6.07, 6.45) is 0. The number of rotatable bonds is 2. The predicted molar refractivity (Wildman–Crippen MR) is 216 cm³/mol. The van der Waals surface area contributed by atoms with Crippen LogP contribution in [0.5, 0.6) is 11.5 Å². The lowest BCUT2D eigenvalue weighted by molar-refractivity contribution is 0.484. The minimum absolute atomic E-state index is 0.0929. The van der Waals surface area contributed by atoms with Gasteiger partial charge in [0.15, 0.2) is 29.0 Å². The SMILES string of the molecule is CC(C)(C)c1ccc2c3nc4nc(nc5[nH]c(nc6nc(nc([nH]3)c2c1)-c1ccccc1-6)c1c(Cl)c(Oc2ccccc2)c(Cl)c(Cl)c51)-c1ccccc1-4. The molecule has 3 aromatic heterocycles. The molecule has 9 nitrogen and oxygen atoms in total. The Labute approximate surface area is 323 Å². The van der Waals surface area contributed by atoms with Gasteiger partial charge in [0, 0.05) is 33.0 Å². The summed E-state index contributed by atoms with van der Waals surface area (Å²) in [7, 11) is 0. The van der Waals surface area contributed by atoms with Crippen molar-refractivity contribution in [3.8, 4) is 57.1 Å². The van der Waals surface area contributed by atoms with Crippen molar-refractivity contribution in [2.24, 2.45) is 0 Å². The van der Waals surface area contributed by atoms with Gasteiger partial charge in [0.2, 0.25) is 0 Å². The molecule has 0 atom stereocenters. The number of hydrogen-bond acceptors (Lipinski definition) is 7. The van der Waals surface area contributed by atoms with Gasteiger partial charge in [-0.25, -0.2) is 29.9 Å². The number of aromatic nitrogens is 8. The van der Waals surface area contributed by atoms with E-state index in [-0.39, 0.29) is 26.2 Å². The first kappa shape index (κ1) is 32.8. The third kappa shape index (κ3) is 5.15. The molecule has 8 bridgehead atoms. The fourth-order valence-corrected chi connectivity index (χ4v) is 7.84. The van der Waals surface area contributed by atoms with E-state index in [1.807, 2.05) is 66.7 Å². The van der Waals surface area contributed by atoms with Crippen molar-refractivity contribution in [1.29, 1.82) is 0 Å². The maximum Gasteiger partial charge on any atom is 0.166 e. The number of aromatic amines is 2. The molecule has 2 aliphatic heterocycles. The summed E-state index contributed by atoms with van der Waals surface area (Å²) in [5.74, 6) is 2.56. The summed E-state index contributed by atoms with van der Waals surface area (Å²) in [5.41, 5.74) is 6.26. The van der Waals surface area contributed by atoms with Gasteiger partial charge in [-0.3, -0.25) is 0 Å². The van der Waals surface area contributed by atoms with E-state index < -0.39 is 0 Å². The molecular formula is C42H27Cl3N8O. The number of hydrogen-bond donors (Lipinski definition) is 2. The largest absolute Gasteiger partial charge is 0.454 e. The molecule has 0 aliphatic carbocycles. The number of fused-ring (bicyclic) bond motifs is 20. The molecule has 12 heteroatoms. The Morgan fingerprint density at radius 1 is 0.481 bits per heavy atom. The highest BCUT2D eigenvalue weighted by Crippen LogP contribution is 2.49. The van der Waals surface area contributed by atoms with Crippen LogP contribution < -0.4 is 4.74 Å². The van der Waals surface area contributed by atoms with Crippen LogP contribution in [0.25, 0.3) is 89.7 Å². The van der Waals surface area contributed by atoms with Crippen LogP contribution in [-0.2, 0) is 5.41 Å². The summed E-state index contributed by atoms with van der Waals surface area (Å²) in [6, 6.07) is 31.3. The summed E-state index contributed by atoms with van der Waals surface area (Å²) in [5, 5.41) is 3.25. The zero-order valence-electron chi connectivity index (χ0n) is 29.0. The minimum atomic E-state index is -0.0929. The van der Waals surface area contributed by atoms with Crippen LogP contribution in [0.1, 0.15) is 26.3 Å². The molecule has 0 spiro atoms. The highest BCUT2D eigenvalue weighted by molar-refractivity contribution is 6.51. The number of nitrogens with zero attached hydrogens (tertiary/aromatic N) is 6. The molecule has 8 aromatic rings. The van der Waals surface area contributed by atoms with Crippen LogP contribution in [0.15, 0.2) is 97.1 Å². The van der Waals surface area contributed by atoms with Gasteiger partial charge in [-0.1, -0.05) is 134 Å². The molecule has 10 rings (SSSR count). The Morgan fingerprint density at radius 3 is 1.48 bits per heavy atom. The second kappa shape index (κ2) is 12.1. The number of H-pyrrole nitrogens is 2. The van der Waals surface area contributed by atoms with E-state index in [2.05, 4.69) is 48.9 Å². The van der Waals surface area contributed by atoms with Crippen molar-refractivity contribution in [3.63, 3.8) is 0 Å². The molecular weight excluding hydrogens is 739 g/mol. The van der Waals surface area contributed by atoms with Gasteiger partial charge in [-0.15, -0.1) is 0 Å². The van der Waals surface area contributed by atoms with E-state index in [4.69, 9.17) is 69.4 Å². The molecule has 5 aromatic carbocycles. The van der Waals surface area contributed by atoms with Crippen LogP contribution in [0.3, 0.4) is 0 Å². The van der Waals surface area contributed by atoms with Crippen molar-refractivity contribution in [2.75, 3.05) is 0 Å². The van der Waals surface area contributed by atoms with Crippen LogP contribution in [0, 0.1) is 0 Å². The third-order valence-electron chi connectivity index (χ3n) is 9.70. The van der Waals surface area contributed by atoms with Crippen LogP contribution in [0.4, 0.5) is 0 Å². The monoisotopic (exact) mass is 764 g/mol. The second-order valence-corrected chi connectivity index (χ2v) is 15.3. The zero-order valence-corrected chi connectivity index (χ0v) is 31.2. The van der Waals surface area contributed by atoms with Gasteiger partial charge in [0.1, 0.15) is 33.4 Å². The number of halogens is 3. The highest BCUT2D eigenvalue weighted by Gasteiger charge is 2.27. The smallest absolute Gasteiger partial charge is 0.166 e. The summed E-state index contributed by atoms with van der Waals surface area (Å²) in [6.45, 7) is 6.57. The first-order valence-corrected chi connectivity index (χ1v) is 18.3. The van der Waals surface area contributed by atoms with E-state index in [1.165, 1.54) is 0 Å². The second-order valence-electron chi connectivity index (χ2n) is 14.1. The third-order valence-corrected chi connectivity index (χ3v) is 10.9. The van der Waals surface area contributed by atoms with Crippen molar-refractivity contribution >= 4 is 78.9 Å². The topological polar surface area (TPSA) is 118 Å². The van der Waals surface area contributed by atoms with Gasteiger partial charge in [0.25, 0.3) is 0 Å². The van der Waals surface area contributed by atoms with E-state index >= 15 is 0 Å². The van der Waals surface area contributed by atoms with Crippen molar-refractivity contribution in [3.05, 3.63) is 118 Å². The van der Waals surface area contributed by atoms with E-state index in [1.54, 1.807) is 12.1 Å². The average Bonchev–Trinajstić information content (AvgIpc) is 3.91. The predicted octanol–water partition coefficient (Wildman–Crippen LogP) is 11.9. The molecule has 2 N–H and O–H groups in total. The van der Waals surface area contributed by atoms with Gasteiger partial charge in [0.05, 0.1) is 20.8 Å². The summed E-state index contributed by atoms with van der Waals surface area (Å²) >= 11 is 21.3. The van der Waals surface area contributed by atoms with Crippen LogP contribution in [0.2, 0.25) is 15.1 Å². The summed E-state index contributed by atoms with van der Waals surface area (Å²) in [4.78, 5) is 37.3. The summed E-state index contributed by atoms with van der Waals surface area (Å²) < 4.78 is 6.23. The fraction of sp³-hybridized carbons (Fsp3) is 0.0952. The van der Waals surface area contributed by atoms with Crippen molar-refractivity contribution in [2.45, 2.75) is 26.2 Å². The highest BCUT2D eigenvalue weighted by atomic mass is 35.5. The van der Waals surface area contributed by atoms with Gasteiger partial charge in [-0.05, 0) is 29.2 Å². The number of para-hydroxylation sites is 1. The normalized spacial score (nSPS) is 12.3. The zero-order chi connectivity index (χ0) is 36.9. The van der Waals surface area contributed by atoms with Gasteiger partial charge < -0.3 is 14.7 Å². The lowest BCUT2D eigenvalue weighted by Gasteiger charge is -2.18. The van der Waals surface area contributed by atoms with Crippen molar-refractivity contribution in [1.82, 2.24) is 39.9 Å². The Balaban J connectivity index is 1.38. The first-order chi connectivity index (χ1) is 26.1. The van der Waals surface area contributed by atoms with Crippen molar-refractivity contribution < 1.29 is 4.74 Å². The maximum absolute atomic E-state index is 7.22. The quantitative estimate of drug-likeness (QED) is 0.168. The molecule has 0 unspecified atom stereocenters. The van der Waals surface area contributed by atoms with Crippen LogP contribution in [-0.4, -0.2) is 39.9 Å². The van der Waals surface area contributed by atoms with E-state index in [0.717, 1.165) is 38.6 Å². The molecule has 0 radical (unpaired) electrons. The minimum Gasteiger partial charge on any atom is -0.454 e. The van der Waals surface area contributed by atoms with E-state index in [9.17, 15) is 0 Å². The van der Waals surface area contributed by atoms with Crippen LogP contribution >= 0.6 is 34.8 Å². The van der Waals surface area contributed by atoms with E-state index in [0.29, 0.717) is 62.4 Å². The van der Waals surface area contributed by atoms with Gasteiger partial charge in [-0.2, -0.15) is 0 Å². The Kier molecular flexibility index (Phi) is 7.33. The maximum atomic E-state index is 7.22. The van der Waals surface area contributed by atoms with Gasteiger partial charge >= 0.3 is 0 Å². The fourth-order valence-electron chi connectivity index (χ4n) is 6.97. The molecule has 2 aliphatic rings. The molecule has 5 heterocycles. The molecule has 0 saturated heterocycles. The molecule has 0 amide bonds. The average molecular weight is 766 g/mol. The lowest BCUT2D eigenvalue weighted by Crippen LogP contribution is -2.10.